The molecule has 1 aromatic rings. The van der Waals surface area contributed by atoms with Crippen LogP contribution in [0.2, 0.25) is 0 Å². The standard InChI is InChI=1S/C9H18N4O/c1-13-6-5-11-9(13)12-8(3-4-10)7-14-2/h5-6,8H,3-4,7,10H2,1-2H3,(H,11,12). The van der Waals surface area contributed by atoms with E-state index in [0.717, 1.165) is 12.4 Å². The molecule has 1 aromatic heterocycles. The van der Waals surface area contributed by atoms with Crippen LogP contribution in [-0.4, -0.2) is 35.9 Å². The molecule has 0 saturated heterocycles. The molecule has 3 N–H and O–H groups in total. The van der Waals surface area contributed by atoms with E-state index in [1.165, 1.54) is 0 Å². The van der Waals surface area contributed by atoms with Gasteiger partial charge in [-0.15, -0.1) is 0 Å². The van der Waals surface area contributed by atoms with Crippen molar-refractivity contribution in [2.45, 2.75) is 12.5 Å². The van der Waals surface area contributed by atoms with Gasteiger partial charge in [-0.2, -0.15) is 0 Å². The Morgan fingerprint density at radius 3 is 3.00 bits per heavy atom. The fourth-order valence-corrected chi connectivity index (χ4v) is 1.29. The van der Waals surface area contributed by atoms with Gasteiger partial charge in [0, 0.05) is 26.6 Å². The molecule has 5 nitrogen and oxygen atoms in total. The first-order valence-electron chi connectivity index (χ1n) is 4.70. The van der Waals surface area contributed by atoms with Crippen LogP contribution in [0.25, 0.3) is 0 Å². The van der Waals surface area contributed by atoms with Gasteiger partial charge >= 0.3 is 0 Å². The lowest BCUT2D eigenvalue weighted by atomic mass is 10.2. The number of nitrogens with two attached hydrogens (primary N) is 1. The molecule has 1 heterocycles. The third-order valence-electron chi connectivity index (χ3n) is 2.04. The van der Waals surface area contributed by atoms with Crippen LogP contribution in [-0.2, 0) is 11.8 Å². The maximum absolute atomic E-state index is 5.50. The van der Waals surface area contributed by atoms with E-state index in [1.807, 2.05) is 17.8 Å². The van der Waals surface area contributed by atoms with Crippen LogP contribution in [0.1, 0.15) is 6.42 Å². The Hall–Kier alpha value is -1.07. The van der Waals surface area contributed by atoms with Crippen molar-refractivity contribution in [2.24, 2.45) is 12.8 Å². The second-order valence-electron chi connectivity index (χ2n) is 3.24. The Kier molecular flexibility index (Phi) is 4.42. The van der Waals surface area contributed by atoms with Gasteiger partial charge in [-0.3, -0.25) is 0 Å². The normalized spacial score (nSPS) is 12.8. The van der Waals surface area contributed by atoms with Gasteiger partial charge in [-0.1, -0.05) is 0 Å². The van der Waals surface area contributed by atoms with Crippen LogP contribution in [0.3, 0.4) is 0 Å². The van der Waals surface area contributed by atoms with Crippen LogP contribution in [0, 0.1) is 0 Å². The van der Waals surface area contributed by atoms with Gasteiger partial charge in [0.15, 0.2) is 0 Å². The number of nitrogens with zero attached hydrogens (tertiary/aromatic N) is 2. The molecule has 0 saturated carbocycles. The highest BCUT2D eigenvalue weighted by molar-refractivity contribution is 5.27. The number of aryl methyl sites for hydroxylation is 1. The van der Waals surface area contributed by atoms with Crippen molar-refractivity contribution in [3.05, 3.63) is 12.4 Å². The van der Waals surface area contributed by atoms with Crippen LogP contribution in [0.4, 0.5) is 5.95 Å². The van der Waals surface area contributed by atoms with Crippen molar-refractivity contribution in [1.29, 1.82) is 0 Å². The fraction of sp³-hybridized carbons (Fsp3) is 0.667. The van der Waals surface area contributed by atoms with Gasteiger partial charge in [0.2, 0.25) is 5.95 Å². The Balaban J connectivity index is 2.50. The molecule has 80 valence electrons. The first-order chi connectivity index (χ1) is 6.77. The zero-order valence-electron chi connectivity index (χ0n) is 8.73. The SMILES string of the molecule is COCC(CCN)Nc1nccn1C. The van der Waals surface area contributed by atoms with Crippen molar-refractivity contribution in [2.75, 3.05) is 25.6 Å². The number of aromatic nitrogens is 2. The first kappa shape index (κ1) is 11.0. The van der Waals surface area contributed by atoms with Gasteiger partial charge in [-0.05, 0) is 13.0 Å². The highest BCUT2D eigenvalue weighted by atomic mass is 16.5. The molecule has 0 fully saturated rings. The summed E-state index contributed by atoms with van der Waals surface area (Å²) >= 11 is 0. The third kappa shape index (κ3) is 3.01. The Bertz CT molecular complexity index is 255. The maximum atomic E-state index is 5.50. The summed E-state index contributed by atoms with van der Waals surface area (Å²) < 4.78 is 7.02. The topological polar surface area (TPSA) is 65.1 Å². The maximum Gasteiger partial charge on any atom is 0.202 e. The number of imidazole rings is 1. The molecule has 0 spiro atoms. The number of ether oxygens (including phenoxy) is 1. The van der Waals surface area contributed by atoms with Gasteiger partial charge in [-0.25, -0.2) is 4.98 Å². The van der Waals surface area contributed by atoms with Gasteiger partial charge in [0.1, 0.15) is 0 Å². The minimum absolute atomic E-state index is 0.228. The number of hydrogen-bond acceptors (Lipinski definition) is 4. The molecule has 0 radical (unpaired) electrons. The van der Waals surface area contributed by atoms with Crippen molar-refractivity contribution in [3.8, 4) is 0 Å². The molecule has 1 unspecified atom stereocenters. The summed E-state index contributed by atoms with van der Waals surface area (Å²) in [4.78, 5) is 4.18. The lowest BCUT2D eigenvalue weighted by Gasteiger charge is -2.17. The van der Waals surface area contributed by atoms with Crippen LogP contribution < -0.4 is 11.1 Å². The van der Waals surface area contributed by atoms with E-state index in [0.29, 0.717) is 13.2 Å². The first-order valence-corrected chi connectivity index (χ1v) is 4.70. The summed E-state index contributed by atoms with van der Waals surface area (Å²) in [7, 11) is 3.63. The molecule has 0 amide bonds. The highest BCUT2D eigenvalue weighted by Crippen LogP contribution is 2.05. The van der Waals surface area contributed by atoms with E-state index in [-0.39, 0.29) is 6.04 Å². The Morgan fingerprint density at radius 2 is 2.50 bits per heavy atom. The summed E-state index contributed by atoms with van der Waals surface area (Å²) in [6.45, 7) is 1.29. The summed E-state index contributed by atoms with van der Waals surface area (Å²) in [5.41, 5.74) is 5.50. The molecule has 0 aliphatic heterocycles. The predicted octanol–water partition coefficient (Wildman–Crippen LogP) is 0.196. The van der Waals surface area contributed by atoms with Crippen molar-refractivity contribution >= 4 is 5.95 Å². The van der Waals surface area contributed by atoms with Gasteiger partial charge in [0.25, 0.3) is 0 Å². The van der Waals surface area contributed by atoms with Crippen LogP contribution in [0.15, 0.2) is 12.4 Å². The molecule has 0 aliphatic carbocycles. The fourth-order valence-electron chi connectivity index (χ4n) is 1.29. The quantitative estimate of drug-likeness (QED) is 0.685. The number of rotatable bonds is 6. The summed E-state index contributed by atoms with van der Waals surface area (Å²) in [6.07, 6.45) is 4.53. The zero-order chi connectivity index (χ0) is 10.4. The minimum Gasteiger partial charge on any atom is -0.383 e. The minimum atomic E-state index is 0.228. The molecule has 0 aliphatic rings. The van der Waals surface area contributed by atoms with E-state index < -0.39 is 0 Å². The second-order valence-corrected chi connectivity index (χ2v) is 3.24. The van der Waals surface area contributed by atoms with Gasteiger partial charge in [0.05, 0.1) is 12.6 Å². The number of hydrogen-bond donors (Lipinski definition) is 2. The Labute approximate surface area is 84.3 Å². The zero-order valence-corrected chi connectivity index (χ0v) is 8.73. The van der Waals surface area contributed by atoms with Crippen LogP contribution >= 0.6 is 0 Å². The predicted molar refractivity (Wildman–Crippen MR) is 56.2 cm³/mol. The van der Waals surface area contributed by atoms with Crippen molar-refractivity contribution < 1.29 is 4.74 Å². The molecular formula is C9H18N4O. The van der Waals surface area contributed by atoms with Crippen molar-refractivity contribution in [1.82, 2.24) is 9.55 Å². The van der Waals surface area contributed by atoms with E-state index in [2.05, 4.69) is 10.3 Å². The average molecular weight is 198 g/mol. The third-order valence-corrected chi connectivity index (χ3v) is 2.04. The van der Waals surface area contributed by atoms with Gasteiger partial charge < -0.3 is 20.4 Å². The van der Waals surface area contributed by atoms with Crippen molar-refractivity contribution in [3.63, 3.8) is 0 Å². The number of anilines is 1. The molecule has 0 aromatic carbocycles. The molecule has 1 rings (SSSR count). The summed E-state index contributed by atoms with van der Waals surface area (Å²) in [5.74, 6) is 0.848. The van der Waals surface area contributed by atoms with Crippen LogP contribution in [0.5, 0.6) is 0 Å². The molecule has 1 atom stereocenters. The molecular weight excluding hydrogens is 180 g/mol. The molecule has 5 heteroatoms. The molecule has 14 heavy (non-hydrogen) atoms. The number of methoxy groups -OCH3 is 1. The van der Waals surface area contributed by atoms with E-state index >= 15 is 0 Å². The average Bonchev–Trinajstić information content (AvgIpc) is 2.53. The smallest absolute Gasteiger partial charge is 0.202 e. The summed E-state index contributed by atoms with van der Waals surface area (Å²) in [6, 6.07) is 0.228. The second kappa shape index (κ2) is 5.62. The molecule has 0 bridgehead atoms. The monoisotopic (exact) mass is 198 g/mol. The Morgan fingerprint density at radius 1 is 1.71 bits per heavy atom. The number of nitrogens with one attached hydrogen (secondary N) is 1. The lowest BCUT2D eigenvalue weighted by molar-refractivity contribution is 0.183. The highest BCUT2D eigenvalue weighted by Gasteiger charge is 2.09. The largest absolute Gasteiger partial charge is 0.383 e. The lowest BCUT2D eigenvalue weighted by Crippen LogP contribution is -2.29. The van der Waals surface area contributed by atoms with E-state index in [4.69, 9.17) is 10.5 Å². The summed E-state index contributed by atoms with van der Waals surface area (Å²) in [5, 5.41) is 3.28. The van der Waals surface area contributed by atoms with E-state index in [1.54, 1.807) is 13.3 Å². The van der Waals surface area contributed by atoms with E-state index in [9.17, 15) is 0 Å².